The maximum Gasteiger partial charge on any atom is 0.342 e. The number of hydrogen-bond donors (Lipinski definition) is 0. The minimum Gasteiger partial charge on any atom is -0.462 e. The predicted molar refractivity (Wildman–Crippen MR) is 85.2 cm³/mol. The summed E-state index contributed by atoms with van der Waals surface area (Å²) in [5.41, 5.74) is 1.13. The summed E-state index contributed by atoms with van der Waals surface area (Å²) in [6.07, 6.45) is 0.807. The van der Waals surface area contributed by atoms with E-state index in [1.165, 1.54) is 18.0 Å². The molecule has 1 aromatic heterocycles. The number of aromatic nitrogens is 2. The fourth-order valence-electron chi connectivity index (χ4n) is 1.90. The molecule has 0 bridgehead atoms. The Bertz CT molecular complexity index is 683. The molecule has 0 aliphatic heterocycles. The van der Waals surface area contributed by atoms with Crippen LogP contribution in [0.1, 0.15) is 23.7 Å². The highest BCUT2D eigenvalue weighted by molar-refractivity contribution is 7.99. The molecule has 2 aromatic rings. The van der Waals surface area contributed by atoms with E-state index in [0.717, 1.165) is 11.8 Å². The van der Waals surface area contributed by atoms with Crippen LogP contribution in [0.4, 0.5) is 8.78 Å². The second kappa shape index (κ2) is 8.47. The van der Waals surface area contributed by atoms with Gasteiger partial charge in [-0.05, 0) is 31.6 Å². The fraction of sp³-hybridized carbons (Fsp3) is 0.250. The average Bonchev–Trinajstić information content (AvgIpc) is 2.96. The predicted octanol–water partition coefficient (Wildman–Crippen LogP) is 4.31. The maximum absolute atomic E-state index is 12.1. The van der Waals surface area contributed by atoms with Gasteiger partial charge in [-0.1, -0.05) is 18.2 Å². The topological polar surface area (TPSA) is 44.1 Å². The molecule has 0 spiro atoms. The van der Waals surface area contributed by atoms with Crippen molar-refractivity contribution in [3.63, 3.8) is 0 Å². The summed E-state index contributed by atoms with van der Waals surface area (Å²) in [7, 11) is 0. The summed E-state index contributed by atoms with van der Waals surface area (Å²) >= 11 is 1.29. The lowest BCUT2D eigenvalue weighted by atomic mass is 10.3. The van der Waals surface area contributed by atoms with Crippen LogP contribution >= 0.6 is 11.8 Å². The number of thioether (sulfide) groups is 1. The molecule has 0 saturated carbocycles. The third kappa shape index (κ3) is 4.66. The second-order valence-electron chi connectivity index (χ2n) is 4.46. The highest BCUT2D eigenvalue weighted by atomic mass is 32.2. The van der Waals surface area contributed by atoms with Crippen LogP contribution in [0.5, 0.6) is 0 Å². The molecule has 4 nitrogen and oxygen atoms in total. The number of para-hydroxylation sites is 1. The minimum atomic E-state index is -1.70. The fourth-order valence-corrected chi connectivity index (χ4v) is 2.90. The van der Waals surface area contributed by atoms with E-state index >= 15 is 0 Å². The number of carbonyl (C=O) groups excluding carboxylic acids is 1. The highest BCUT2D eigenvalue weighted by Crippen LogP contribution is 2.27. The molecular formula is C16H16F2N2O2S. The van der Waals surface area contributed by atoms with Crippen LogP contribution < -0.4 is 0 Å². The zero-order chi connectivity index (χ0) is 16.7. The molecule has 0 fully saturated rings. The Hall–Kier alpha value is -2.15. The third-order valence-electron chi connectivity index (χ3n) is 2.88. The highest BCUT2D eigenvalue weighted by Gasteiger charge is 2.19. The van der Waals surface area contributed by atoms with Gasteiger partial charge in [0.15, 0.2) is 0 Å². The first-order valence-electron chi connectivity index (χ1n) is 7.08. The molecule has 0 saturated heterocycles. The van der Waals surface area contributed by atoms with E-state index in [1.807, 2.05) is 30.3 Å². The van der Waals surface area contributed by atoms with E-state index in [4.69, 9.17) is 4.74 Å². The Balaban J connectivity index is 2.28. The van der Waals surface area contributed by atoms with E-state index in [-0.39, 0.29) is 13.0 Å². The van der Waals surface area contributed by atoms with Crippen molar-refractivity contribution < 1.29 is 18.3 Å². The SMILES string of the molecule is CCOC(=O)c1cnn(-c2ccccc2)c1SCCC=C(F)F. The molecule has 7 heteroatoms. The van der Waals surface area contributed by atoms with Gasteiger partial charge in [0.25, 0.3) is 6.08 Å². The Kier molecular flexibility index (Phi) is 6.34. The van der Waals surface area contributed by atoms with Crippen molar-refractivity contribution in [2.75, 3.05) is 12.4 Å². The zero-order valence-corrected chi connectivity index (χ0v) is 13.4. The van der Waals surface area contributed by atoms with E-state index in [2.05, 4.69) is 5.10 Å². The van der Waals surface area contributed by atoms with Gasteiger partial charge >= 0.3 is 5.97 Å². The van der Waals surface area contributed by atoms with Crippen LogP contribution in [0.25, 0.3) is 5.69 Å². The van der Waals surface area contributed by atoms with Gasteiger partial charge in [-0.25, -0.2) is 9.48 Å². The van der Waals surface area contributed by atoms with Crippen LogP contribution in [-0.2, 0) is 4.74 Å². The largest absolute Gasteiger partial charge is 0.462 e. The van der Waals surface area contributed by atoms with E-state index in [9.17, 15) is 13.6 Å². The summed E-state index contributed by atoms with van der Waals surface area (Å²) < 4.78 is 30.9. The molecule has 2 rings (SSSR count). The van der Waals surface area contributed by atoms with Crippen molar-refractivity contribution in [2.45, 2.75) is 18.4 Å². The first-order valence-corrected chi connectivity index (χ1v) is 8.06. The number of nitrogens with zero attached hydrogens (tertiary/aromatic N) is 2. The molecule has 0 N–H and O–H groups in total. The monoisotopic (exact) mass is 338 g/mol. The lowest BCUT2D eigenvalue weighted by Gasteiger charge is -2.08. The van der Waals surface area contributed by atoms with E-state index in [1.54, 1.807) is 11.6 Å². The van der Waals surface area contributed by atoms with Crippen molar-refractivity contribution in [1.82, 2.24) is 9.78 Å². The van der Waals surface area contributed by atoms with Crippen molar-refractivity contribution in [3.8, 4) is 5.69 Å². The lowest BCUT2D eigenvalue weighted by molar-refractivity contribution is 0.0522. The standard InChI is InChI=1S/C16H16F2N2O2S/c1-2-22-16(21)13-11-19-20(12-7-4-3-5-8-12)15(13)23-10-6-9-14(17)18/h3-5,7-9,11H,2,6,10H2,1H3. The van der Waals surface area contributed by atoms with Crippen molar-refractivity contribution in [2.24, 2.45) is 0 Å². The molecule has 0 radical (unpaired) electrons. The molecular weight excluding hydrogens is 322 g/mol. The van der Waals surface area contributed by atoms with Crippen LogP contribution in [0.3, 0.4) is 0 Å². The third-order valence-corrected chi connectivity index (χ3v) is 3.98. The number of ether oxygens (including phenoxy) is 1. The van der Waals surface area contributed by atoms with E-state index in [0.29, 0.717) is 16.3 Å². The van der Waals surface area contributed by atoms with Crippen molar-refractivity contribution in [1.29, 1.82) is 0 Å². The van der Waals surface area contributed by atoms with Gasteiger partial charge in [-0.15, -0.1) is 11.8 Å². The van der Waals surface area contributed by atoms with Crippen LogP contribution in [0.2, 0.25) is 0 Å². The molecule has 23 heavy (non-hydrogen) atoms. The molecule has 0 aliphatic rings. The molecule has 122 valence electrons. The Labute approximate surface area is 137 Å². The summed E-state index contributed by atoms with van der Waals surface area (Å²) in [6.45, 7) is 1.98. The first kappa shape index (κ1) is 17.2. The number of allylic oxidation sites excluding steroid dienone is 1. The van der Waals surface area contributed by atoms with Gasteiger partial charge in [0.05, 0.1) is 18.5 Å². The summed E-state index contributed by atoms with van der Waals surface area (Å²) in [6, 6.07) is 9.30. The molecule has 0 unspecified atom stereocenters. The Morgan fingerprint density at radius 2 is 2.09 bits per heavy atom. The molecule has 0 amide bonds. The van der Waals surface area contributed by atoms with Gasteiger partial charge in [-0.2, -0.15) is 13.9 Å². The lowest BCUT2D eigenvalue weighted by Crippen LogP contribution is -2.06. The summed E-state index contributed by atoms with van der Waals surface area (Å²) in [4.78, 5) is 12.0. The maximum atomic E-state index is 12.1. The van der Waals surface area contributed by atoms with E-state index < -0.39 is 12.0 Å². The smallest absolute Gasteiger partial charge is 0.342 e. The van der Waals surface area contributed by atoms with Gasteiger partial charge in [0.1, 0.15) is 10.6 Å². The molecule has 0 aliphatic carbocycles. The number of esters is 1. The van der Waals surface area contributed by atoms with Crippen LogP contribution in [-0.4, -0.2) is 28.1 Å². The van der Waals surface area contributed by atoms with Gasteiger partial charge < -0.3 is 4.74 Å². The second-order valence-corrected chi connectivity index (χ2v) is 5.55. The summed E-state index contributed by atoms with van der Waals surface area (Å²) in [5.74, 6) is -0.0631. The number of rotatable bonds is 7. The van der Waals surface area contributed by atoms with Gasteiger partial charge in [0, 0.05) is 5.75 Å². The minimum absolute atomic E-state index is 0.204. The number of hydrogen-bond acceptors (Lipinski definition) is 4. The molecule has 1 heterocycles. The number of benzene rings is 1. The van der Waals surface area contributed by atoms with Gasteiger partial charge in [-0.3, -0.25) is 0 Å². The molecule has 1 aromatic carbocycles. The molecule has 0 atom stereocenters. The Morgan fingerprint density at radius 3 is 2.74 bits per heavy atom. The first-order chi connectivity index (χ1) is 11.1. The zero-order valence-electron chi connectivity index (χ0n) is 12.5. The van der Waals surface area contributed by atoms with Crippen molar-refractivity contribution >= 4 is 17.7 Å². The normalized spacial score (nSPS) is 10.4. The van der Waals surface area contributed by atoms with Gasteiger partial charge in [0.2, 0.25) is 0 Å². The summed E-state index contributed by atoms with van der Waals surface area (Å²) in [5, 5.41) is 4.82. The quantitative estimate of drug-likeness (QED) is 0.429. The van der Waals surface area contributed by atoms with Crippen LogP contribution in [0, 0.1) is 0 Å². The Morgan fingerprint density at radius 1 is 1.35 bits per heavy atom. The van der Waals surface area contributed by atoms with Crippen molar-refractivity contribution in [3.05, 3.63) is 54.2 Å². The van der Waals surface area contributed by atoms with Crippen LogP contribution in [0.15, 0.2) is 53.7 Å². The number of carbonyl (C=O) groups is 1. The average molecular weight is 338 g/mol. The number of halogens is 2.